The average Bonchev–Trinajstić information content (AvgIpc) is 3.13. The second-order valence-electron chi connectivity index (χ2n) is 5.47. The molecule has 0 aromatic heterocycles. The fraction of sp³-hybridized carbons (Fsp3) is 0.167. The third kappa shape index (κ3) is 4.94. The van der Waals surface area contributed by atoms with Gasteiger partial charge in [0.15, 0.2) is 18.1 Å². The molecule has 0 saturated heterocycles. The summed E-state index contributed by atoms with van der Waals surface area (Å²) in [4.78, 5) is 35.2. The Hall–Kier alpha value is -3.62. The first-order valence-corrected chi connectivity index (χ1v) is 7.90. The molecule has 1 aliphatic heterocycles. The molecule has 0 fully saturated rings. The zero-order chi connectivity index (χ0) is 19.2. The van der Waals surface area contributed by atoms with Crippen molar-refractivity contribution in [3.05, 3.63) is 53.8 Å². The topological polar surface area (TPSA) is 103 Å². The molecular weight excluding hydrogens is 359 g/mol. The Morgan fingerprint density at radius 1 is 1.04 bits per heavy atom. The van der Waals surface area contributed by atoms with Crippen molar-refractivity contribution in [1.82, 2.24) is 5.32 Å². The molecule has 0 saturated carbocycles. The van der Waals surface area contributed by atoms with Gasteiger partial charge in [0.1, 0.15) is 12.4 Å². The summed E-state index contributed by atoms with van der Waals surface area (Å²) in [6.45, 7) is -0.818. The van der Waals surface area contributed by atoms with Gasteiger partial charge in [0.25, 0.3) is 11.8 Å². The van der Waals surface area contributed by atoms with Gasteiger partial charge < -0.3 is 24.8 Å². The largest absolute Gasteiger partial charge is 0.454 e. The Morgan fingerprint density at radius 2 is 1.78 bits per heavy atom. The van der Waals surface area contributed by atoms with E-state index in [1.54, 1.807) is 18.2 Å². The molecule has 2 aromatic rings. The van der Waals surface area contributed by atoms with E-state index in [1.807, 2.05) is 0 Å². The Kier molecular flexibility index (Phi) is 5.50. The lowest BCUT2D eigenvalue weighted by Crippen LogP contribution is -2.32. The van der Waals surface area contributed by atoms with E-state index in [0.29, 0.717) is 17.2 Å². The van der Waals surface area contributed by atoms with Crippen molar-refractivity contribution < 1.29 is 33.0 Å². The van der Waals surface area contributed by atoms with Gasteiger partial charge in [0.05, 0.1) is 0 Å². The number of carbonyl (C=O) groups is 3. The van der Waals surface area contributed by atoms with Crippen molar-refractivity contribution in [2.24, 2.45) is 0 Å². The predicted octanol–water partition coefficient (Wildman–Crippen LogP) is 1.47. The number of amides is 2. The minimum absolute atomic E-state index is 0.119. The van der Waals surface area contributed by atoms with E-state index < -0.39 is 36.8 Å². The second kappa shape index (κ2) is 8.17. The van der Waals surface area contributed by atoms with E-state index in [-0.39, 0.29) is 12.4 Å². The number of rotatable bonds is 6. The maximum atomic E-state index is 12.8. The highest BCUT2D eigenvalue weighted by Gasteiger charge is 2.15. The van der Waals surface area contributed by atoms with E-state index in [2.05, 4.69) is 10.6 Å². The molecule has 2 N–H and O–H groups in total. The van der Waals surface area contributed by atoms with E-state index in [1.165, 1.54) is 12.1 Å². The van der Waals surface area contributed by atoms with Gasteiger partial charge in [-0.2, -0.15) is 0 Å². The van der Waals surface area contributed by atoms with Gasteiger partial charge >= 0.3 is 5.97 Å². The van der Waals surface area contributed by atoms with Crippen molar-refractivity contribution in [2.45, 2.75) is 0 Å². The molecule has 0 atom stereocenters. The first-order chi connectivity index (χ1) is 13.0. The van der Waals surface area contributed by atoms with E-state index in [0.717, 1.165) is 12.1 Å². The van der Waals surface area contributed by atoms with Crippen LogP contribution in [0.4, 0.5) is 10.1 Å². The van der Waals surface area contributed by atoms with Crippen LogP contribution in [-0.2, 0) is 14.3 Å². The normalized spacial score (nSPS) is 11.6. The number of nitrogens with one attached hydrogen (secondary N) is 2. The van der Waals surface area contributed by atoms with Crippen molar-refractivity contribution >= 4 is 23.5 Å². The SMILES string of the molecule is O=C(COC(=O)CNC(=O)c1ccc(F)cc1)Nc1ccc2c(c1)OCO2. The monoisotopic (exact) mass is 374 g/mol. The van der Waals surface area contributed by atoms with Gasteiger partial charge in [-0.1, -0.05) is 0 Å². The lowest BCUT2D eigenvalue weighted by Gasteiger charge is -2.08. The fourth-order valence-electron chi connectivity index (χ4n) is 2.22. The number of anilines is 1. The Bertz CT molecular complexity index is 869. The third-order valence-corrected chi connectivity index (χ3v) is 3.52. The number of fused-ring (bicyclic) bond motifs is 1. The molecule has 8 nitrogen and oxygen atoms in total. The van der Waals surface area contributed by atoms with E-state index in [9.17, 15) is 18.8 Å². The van der Waals surface area contributed by atoms with Crippen LogP contribution in [0.3, 0.4) is 0 Å². The lowest BCUT2D eigenvalue weighted by atomic mass is 10.2. The number of carbonyl (C=O) groups excluding carboxylic acids is 3. The summed E-state index contributed by atoms with van der Waals surface area (Å²) >= 11 is 0. The zero-order valence-electron chi connectivity index (χ0n) is 14.0. The molecule has 0 spiro atoms. The summed E-state index contributed by atoms with van der Waals surface area (Å²) in [7, 11) is 0. The number of halogens is 1. The Morgan fingerprint density at radius 3 is 2.56 bits per heavy atom. The highest BCUT2D eigenvalue weighted by molar-refractivity contribution is 5.96. The van der Waals surface area contributed by atoms with Crippen molar-refractivity contribution in [1.29, 1.82) is 0 Å². The van der Waals surface area contributed by atoms with Crippen LogP contribution in [0.25, 0.3) is 0 Å². The fourth-order valence-corrected chi connectivity index (χ4v) is 2.22. The molecule has 0 radical (unpaired) electrons. The molecule has 0 bridgehead atoms. The first-order valence-electron chi connectivity index (χ1n) is 7.90. The predicted molar refractivity (Wildman–Crippen MR) is 90.9 cm³/mol. The maximum absolute atomic E-state index is 12.8. The zero-order valence-corrected chi connectivity index (χ0v) is 14.0. The van der Waals surface area contributed by atoms with Crippen molar-refractivity contribution in [2.75, 3.05) is 25.3 Å². The van der Waals surface area contributed by atoms with Crippen LogP contribution in [0.15, 0.2) is 42.5 Å². The molecule has 140 valence electrons. The summed E-state index contributed by atoms with van der Waals surface area (Å²) in [6.07, 6.45) is 0. The number of ether oxygens (including phenoxy) is 3. The first kappa shape index (κ1) is 18.2. The maximum Gasteiger partial charge on any atom is 0.325 e. The van der Waals surface area contributed by atoms with Gasteiger partial charge in [0, 0.05) is 17.3 Å². The van der Waals surface area contributed by atoms with Gasteiger partial charge in [0.2, 0.25) is 6.79 Å². The summed E-state index contributed by atoms with van der Waals surface area (Å²) in [5, 5.41) is 4.87. The van der Waals surface area contributed by atoms with Gasteiger partial charge in [-0.3, -0.25) is 14.4 Å². The Labute approximate surface area is 153 Å². The third-order valence-electron chi connectivity index (χ3n) is 3.52. The van der Waals surface area contributed by atoms with Crippen LogP contribution in [0.1, 0.15) is 10.4 Å². The molecule has 1 heterocycles. The lowest BCUT2D eigenvalue weighted by molar-refractivity contribution is -0.146. The minimum atomic E-state index is -0.786. The highest BCUT2D eigenvalue weighted by atomic mass is 19.1. The average molecular weight is 374 g/mol. The van der Waals surface area contributed by atoms with Crippen molar-refractivity contribution in [3.63, 3.8) is 0 Å². The van der Waals surface area contributed by atoms with Gasteiger partial charge in [-0.15, -0.1) is 0 Å². The second-order valence-corrected chi connectivity index (χ2v) is 5.47. The molecular formula is C18H15FN2O6. The van der Waals surface area contributed by atoms with Gasteiger partial charge in [-0.25, -0.2) is 4.39 Å². The molecule has 3 rings (SSSR count). The van der Waals surface area contributed by atoms with E-state index in [4.69, 9.17) is 14.2 Å². The van der Waals surface area contributed by atoms with Crippen LogP contribution >= 0.6 is 0 Å². The number of benzene rings is 2. The number of hydrogen-bond donors (Lipinski definition) is 2. The molecule has 0 aliphatic carbocycles. The molecule has 27 heavy (non-hydrogen) atoms. The van der Waals surface area contributed by atoms with Gasteiger partial charge in [-0.05, 0) is 36.4 Å². The molecule has 1 aliphatic rings. The standard InChI is InChI=1S/C18H15FN2O6/c19-12-3-1-11(2-4-12)18(24)20-8-17(23)25-9-16(22)21-13-5-6-14-15(7-13)27-10-26-14/h1-7H,8-10H2,(H,20,24)(H,21,22). The number of hydrogen-bond acceptors (Lipinski definition) is 6. The van der Waals surface area contributed by atoms with Crippen LogP contribution in [-0.4, -0.2) is 37.7 Å². The van der Waals surface area contributed by atoms with E-state index >= 15 is 0 Å². The quantitative estimate of drug-likeness (QED) is 0.743. The Balaban J connectivity index is 1.40. The minimum Gasteiger partial charge on any atom is -0.454 e. The summed E-state index contributed by atoms with van der Waals surface area (Å²) in [6, 6.07) is 9.70. The summed E-state index contributed by atoms with van der Waals surface area (Å²) in [5.74, 6) is -1.28. The number of esters is 1. The molecule has 0 unspecified atom stereocenters. The smallest absolute Gasteiger partial charge is 0.325 e. The highest BCUT2D eigenvalue weighted by Crippen LogP contribution is 2.34. The van der Waals surface area contributed by atoms with Crippen molar-refractivity contribution in [3.8, 4) is 11.5 Å². The summed E-state index contributed by atoms with van der Waals surface area (Å²) in [5.41, 5.74) is 0.662. The molecule has 9 heteroatoms. The van der Waals surface area contributed by atoms with Crippen LogP contribution in [0, 0.1) is 5.82 Å². The molecule has 2 aromatic carbocycles. The summed E-state index contributed by atoms with van der Waals surface area (Å²) < 4.78 is 28.0. The van der Waals surface area contributed by atoms with Crippen LogP contribution in [0.5, 0.6) is 11.5 Å². The molecule has 2 amide bonds. The van der Waals surface area contributed by atoms with Crippen LogP contribution < -0.4 is 20.1 Å². The van der Waals surface area contributed by atoms with Crippen LogP contribution in [0.2, 0.25) is 0 Å².